The molecule has 6 rings (SSSR count). The van der Waals surface area contributed by atoms with E-state index in [9.17, 15) is 33.9 Å². The van der Waals surface area contributed by atoms with Crippen molar-refractivity contribution in [1.82, 2.24) is 21.3 Å². The monoisotopic (exact) mass is 703 g/mol. The summed E-state index contributed by atoms with van der Waals surface area (Å²) in [6.07, 6.45) is -0.327. The molecule has 4 unspecified atom stereocenters. The van der Waals surface area contributed by atoms with Crippen LogP contribution in [0.3, 0.4) is 0 Å². The van der Waals surface area contributed by atoms with Crippen molar-refractivity contribution in [3.63, 3.8) is 0 Å². The number of rotatable bonds is 6. The highest BCUT2D eigenvalue weighted by Gasteiger charge is 2.31. The molecule has 268 valence electrons. The van der Waals surface area contributed by atoms with Gasteiger partial charge >= 0.3 is 5.97 Å². The predicted molar refractivity (Wildman–Crippen MR) is 195 cm³/mol. The zero-order valence-corrected chi connectivity index (χ0v) is 28.6. The van der Waals surface area contributed by atoms with E-state index in [0.717, 1.165) is 11.1 Å². The lowest BCUT2D eigenvalue weighted by molar-refractivity contribution is -0.142. The summed E-state index contributed by atoms with van der Waals surface area (Å²) >= 11 is 0. The number of benzene rings is 4. The van der Waals surface area contributed by atoms with E-state index in [-0.39, 0.29) is 32.1 Å². The highest BCUT2D eigenvalue weighted by atomic mass is 16.4. The lowest BCUT2D eigenvalue weighted by atomic mass is 9.99. The number of carbonyl (C=O) groups excluding carboxylic acids is 5. The fourth-order valence-corrected chi connectivity index (χ4v) is 5.80. The number of amides is 5. The second-order valence-corrected chi connectivity index (χ2v) is 12.7. The van der Waals surface area contributed by atoms with E-state index in [1.807, 2.05) is 60.7 Å². The van der Waals surface area contributed by atoms with Crippen LogP contribution in [-0.4, -0.2) is 64.8 Å². The van der Waals surface area contributed by atoms with Crippen LogP contribution in [0.2, 0.25) is 0 Å². The molecule has 0 saturated heterocycles. The number of hydrogen-bond acceptors (Lipinski definition) is 6. The van der Waals surface area contributed by atoms with Gasteiger partial charge in [0.15, 0.2) is 0 Å². The third kappa shape index (κ3) is 10.6. The maximum absolute atomic E-state index is 14.1. The van der Waals surface area contributed by atoms with Crippen molar-refractivity contribution in [2.24, 2.45) is 0 Å². The van der Waals surface area contributed by atoms with Gasteiger partial charge in [-0.25, -0.2) is 4.79 Å². The number of carboxylic acid groups (broad SMARTS) is 1. The molecule has 0 radical (unpaired) electrons. The van der Waals surface area contributed by atoms with Gasteiger partial charge in [-0.15, -0.1) is 0 Å². The van der Waals surface area contributed by atoms with E-state index in [4.69, 9.17) is 0 Å². The second kappa shape index (κ2) is 17.6. The summed E-state index contributed by atoms with van der Waals surface area (Å²) in [7, 11) is 0. The van der Waals surface area contributed by atoms with Gasteiger partial charge in [0.1, 0.15) is 24.2 Å². The van der Waals surface area contributed by atoms with Crippen LogP contribution in [0.1, 0.15) is 36.5 Å². The molecule has 2 bridgehead atoms. The molecule has 2 heterocycles. The molecule has 6 N–H and O–H groups in total. The number of fused-ring (bicyclic) bond motifs is 18. The van der Waals surface area contributed by atoms with Crippen molar-refractivity contribution < 1.29 is 33.9 Å². The van der Waals surface area contributed by atoms with E-state index in [0.29, 0.717) is 22.4 Å². The van der Waals surface area contributed by atoms with Gasteiger partial charge < -0.3 is 31.7 Å². The lowest BCUT2D eigenvalue weighted by Crippen LogP contribution is -2.58. The first-order valence-electron chi connectivity index (χ1n) is 17.0. The summed E-state index contributed by atoms with van der Waals surface area (Å²) in [5.41, 5.74) is 4.41. The molecular formula is C40H41N5O7. The minimum Gasteiger partial charge on any atom is -0.480 e. The van der Waals surface area contributed by atoms with Crippen LogP contribution in [0.25, 0.3) is 11.1 Å². The molecule has 4 aromatic carbocycles. The van der Waals surface area contributed by atoms with Crippen LogP contribution in [-0.2, 0) is 48.0 Å². The Morgan fingerprint density at radius 3 is 1.73 bits per heavy atom. The molecule has 12 heteroatoms. The number of nitrogens with one attached hydrogen (secondary N) is 5. The molecule has 2 aliphatic rings. The van der Waals surface area contributed by atoms with E-state index >= 15 is 0 Å². The molecule has 4 aromatic rings. The third-order valence-corrected chi connectivity index (χ3v) is 8.69. The first-order chi connectivity index (χ1) is 25.0. The van der Waals surface area contributed by atoms with Gasteiger partial charge in [-0.2, -0.15) is 0 Å². The van der Waals surface area contributed by atoms with Gasteiger partial charge in [0.05, 0.1) is 0 Å². The predicted octanol–water partition coefficient (Wildman–Crippen LogP) is 3.16. The lowest BCUT2D eigenvalue weighted by Gasteiger charge is -2.26. The minimum atomic E-state index is -1.34. The molecule has 0 spiro atoms. The quantitative estimate of drug-likeness (QED) is 0.167. The van der Waals surface area contributed by atoms with Gasteiger partial charge in [-0.3, -0.25) is 24.0 Å². The van der Waals surface area contributed by atoms with Gasteiger partial charge in [-0.1, -0.05) is 97.1 Å². The Kier molecular flexibility index (Phi) is 12.5. The summed E-state index contributed by atoms with van der Waals surface area (Å²) in [6.45, 7) is 1.46. The maximum Gasteiger partial charge on any atom is 0.326 e. The van der Waals surface area contributed by atoms with Crippen LogP contribution in [0.5, 0.6) is 0 Å². The number of carboxylic acids is 1. The molecule has 0 fully saturated rings. The van der Waals surface area contributed by atoms with Gasteiger partial charge in [0, 0.05) is 37.8 Å². The van der Waals surface area contributed by atoms with Gasteiger partial charge in [0.25, 0.3) is 0 Å². The molecule has 0 saturated carbocycles. The molecule has 0 aromatic heterocycles. The van der Waals surface area contributed by atoms with Gasteiger partial charge in [-0.05, 0) is 46.9 Å². The molecule has 5 amide bonds. The number of anilines is 1. The van der Waals surface area contributed by atoms with E-state index in [1.54, 1.807) is 48.5 Å². The summed E-state index contributed by atoms with van der Waals surface area (Å²) < 4.78 is 0. The van der Waals surface area contributed by atoms with E-state index in [2.05, 4.69) is 26.6 Å². The van der Waals surface area contributed by atoms with Crippen LogP contribution >= 0.6 is 0 Å². The smallest absolute Gasteiger partial charge is 0.326 e. The SMILES string of the molecule is CC1NC(=O)CCC(=O)Nc2ccc(cc2)CC(C(=O)O)NC(=O)C(Cc2ccccc2)NC(=O)C(Cc2ccc(-c3ccccc3)cc2)NC1=O. The zero-order valence-electron chi connectivity index (χ0n) is 28.6. The summed E-state index contributed by atoms with van der Waals surface area (Å²) in [6, 6.07) is 27.8. The van der Waals surface area contributed by atoms with Crippen LogP contribution in [0.15, 0.2) is 109 Å². The summed E-state index contributed by atoms with van der Waals surface area (Å²) in [5, 5.41) is 23.4. The minimum absolute atomic E-state index is 0.0397. The molecule has 0 aliphatic carbocycles. The number of hydrogen-bond donors (Lipinski definition) is 6. The Morgan fingerprint density at radius 1 is 0.596 bits per heavy atom. The van der Waals surface area contributed by atoms with Crippen LogP contribution in [0, 0.1) is 0 Å². The highest BCUT2D eigenvalue weighted by molar-refractivity contribution is 5.96. The normalized spacial score (nSPS) is 20.7. The zero-order chi connectivity index (χ0) is 37.0. The van der Waals surface area contributed by atoms with Crippen LogP contribution in [0.4, 0.5) is 5.69 Å². The third-order valence-electron chi connectivity index (χ3n) is 8.69. The van der Waals surface area contributed by atoms with Crippen molar-refractivity contribution in [1.29, 1.82) is 0 Å². The Hall–Kier alpha value is -6.30. The van der Waals surface area contributed by atoms with Crippen molar-refractivity contribution in [3.05, 3.63) is 126 Å². The Bertz CT molecular complexity index is 1880. The first kappa shape index (κ1) is 37.0. The Balaban J connectivity index is 1.45. The van der Waals surface area contributed by atoms with Crippen molar-refractivity contribution in [2.45, 2.75) is 63.2 Å². The average Bonchev–Trinajstić information content (AvgIpc) is 3.14. The molecule has 12 nitrogen and oxygen atoms in total. The topological polar surface area (TPSA) is 183 Å². The fraction of sp³-hybridized carbons (Fsp3) is 0.250. The van der Waals surface area contributed by atoms with Crippen molar-refractivity contribution in [3.8, 4) is 11.1 Å². The van der Waals surface area contributed by atoms with Crippen molar-refractivity contribution >= 4 is 41.2 Å². The van der Waals surface area contributed by atoms with E-state index < -0.39 is 59.7 Å². The largest absolute Gasteiger partial charge is 0.480 e. The fourth-order valence-electron chi connectivity index (χ4n) is 5.80. The molecule has 4 atom stereocenters. The van der Waals surface area contributed by atoms with Crippen molar-refractivity contribution in [2.75, 3.05) is 5.32 Å². The molecule has 2 aliphatic heterocycles. The Morgan fingerprint density at radius 2 is 1.12 bits per heavy atom. The molecular weight excluding hydrogens is 662 g/mol. The number of aliphatic carboxylic acids is 1. The highest BCUT2D eigenvalue weighted by Crippen LogP contribution is 2.20. The standard InChI is InChI=1S/C40H41N5O7/c1-25-37(48)43-32(23-27-12-16-30(17-13-27)29-10-6-3-7-11-29)38(49)44-33(22-26-8-4-2-5-9-26)39(50)45-34(40(51)52)24-28-14-18-31(19-15-28)42-36(47)21-20-35(46)41-25/h2-19,25,32-34H,20-24H2,1H3,(H,41,46)(H,42,47)(H,43,48)(H,44,49)(H,45,50)(H,51,52). The van der Waals surface area contributed by atoms with E-state index in [1.165, 1.54) is 6.92 Å². The molecule has 52 heavy (non-hydrogen) atoms. The summed E-state index contributed by atoms with van der Waals surface area (Å²) in [5.74, 6) is -4.29. The first-order valence-corrected chi connectivity index (χ1v) is 17.0. The Labute approximate surface area is 301 Å². The average molecular weight is 704 g/mol. The van der Waals surface area contributed by atoms with Crippen LogP contribution < -0.4 is 26.6 Å². The summed E-state index contributed by atoms with van der Waals surface area (Å²) in [4.78, 5) is 78.8. The maximum atomic E-state index is 14.1. The van der Waals surface area contributed by atoms with Gasteiger partial charge in [0.2, 0.25) is 29.5 Å². The number of carbonyl (C=O) groups is 6. The second-order valence-electron chi connectivity index (χ2n) is 12.7.